The number of halogens is 1. The molecule has 1 heterocycles. The van der Waals surface area contributed by atoms with Crippen LogP contribution in [0.4, 0.5) is 4.39 Å². The van der Waals surface area contributed by atoms with Crippen molar-refractivity contribution in [2.24, 2.45) is 0 Å². The van der Waals surface area contributed by atoms with Crippen molar-refractivity contribution in [1.82, 2.24) is 4.90 Å². The summed E-state index contributed by atoms with van der Waals surface area (Å²) in [4.78, 5) is 25.8. The normalized spacial score (nSPS) is 18.4. The molecule has 2 rings (SSSR count). The van der Waals surface area contributed by atoms with E-state index in [1.807, 2.05) is 0 Å². The molecule has 5 nitrogen and oxygen atoms in total. The fourth-order valence-corrected chi connectivity index (χ4v) is 2.49. The van der Waals surface area contributed by atoms with Gasteiger partial charge in [-0.1, -0.05) is 0 Å². The van der Waals surface area contributed by atoms with Crippen LogP contribution in [0.2, 0.25) is 0 Å². The third-order valence-corrected chi connectivity index (χ3v) is 3.51. The number of piperidine rings is 1. The number of rotatable bonds is 3. The smallest absolute Gasteiger partial charge is 0.328 e. The average Bonchev–Trinajstić information content (AvgIpc) is 2.49. The molecule has 1 unspecified atom stereocenters. The van der Waals surface area contributed by atoms with Gasteiger partial charge in [0.1, 0.15) is 17.6 Å². The molecule has 1 N–H and O–H groups in total. The molecule has 6 heteroatoms. The van der Waals surface area contributed by atoms with Crippen LogP contribution in [-0.2, 0) is 9.53 Å². The molecule has 0 aliphatic carbocycles. The summed E-state index contributed by atoms with van der Waals surface area (Å²) in [6.45, 7) is 2.33. The van der Waals surface area contributed by atoms with Crippen LogP contribution in [0.3, 0.4) is 0 Å². The standard InChI is InChI=1S/C15H18FNO4/c1-2-21-15(20)12-5-3-4-8-17(12)14(19)11-9-10(16)6-7-13(11)18/h6-7,9,12,18H,2-5,8H2,1H3. The highest BCUT2D eigenvalue weighted by Gasteiger charge is 2.34. The van der Waals surface area contributed by atoms with E-state index in [-0.39, 0.29) is 17.9 Å². The predicted octanol–water partition coefficient (Wildman–Crippen LogP) is 2.09. The van der Waals surface area contributed by atoms with Crippen molar-refractivity contribution in [1.29, 1.82) is 0 Å². The Morgan fingerprint density at radius 1 is 1.43 bits per heavy atom. The van der Waals surface area contributed by atoms with E-state index in [1.165, 1.54) is 4.90 Å². The molecule has 0 bridgehead atoms. The second-order valence-corrected chi connectivity index (χ2v) is 4.92. The lowest BCUT2D eigenvalue weighted by Crippen LogP contribution is -2.48. The number of carbonyl (C=O) groups is 2. The lowest BCUT2D eigenvalue weighted by Gasteiger charge is -2.34. The summed E-state index contributed by atoms with van der Waals surface area (Å²) in [6.07, 6.45) is 2.10. The zero-order chi connectivity index (χ0) is 15.4. The van der Waals surface area contributed by atoms with Gasteiger partial charge >= 0.3 is 5.97 Å². The zero-order valence-electron chi connectivity index (χ0n) is 11.8. The largest absolute Gasteiger partial charge is 0.507 e. The first-order valence-corrected chi connectivity index (χ1v) is 7.00. The number of benzene rings is 1. The van der Waals surface area contributed by atoms with E-state index in [1.54, 1.807) is 6.92 Å². The third-order valence-electron chi connectivity index (χ3n) is 3.51. The molecule has 1 atom stereocenters. The Bertz CT molecular complexity index is 546. The lowest BCUT2D eigenvalue weighted by molar-refractivity contribution is -0.149. The van der Waals surface area contributed by atoms with Crippen LogP contribution in [0.15, 0.2) is 18.2 Å². The molecule has 0 radical (unpaired) electrons. The number of phenols is 1. The van der Waals surface area contributed by atoms with E-state index in [2.05, 4.69) is 0 Å². The van der Waals surface area contributed by atoms with Crippen LogP contribution >= 0.6 is 0 Å². The first-order valence-electron chi connectivity index (χ1n) is 7.00. The Morgan fingerprint density at radius 3 is 2.90 bits per heavy atom. The molecule has 1 aromatic carbocycles. The summed E-state index contributed by atoms with van der Waals surface area (Å²) < 4.78 is 18.3. The van der Waals surface area contributed by atoms with E-state index in [0.717, 1.165) is 31.0 Å². The molecule has 1 fully saturated rings. The second-order valence-electron chi connectivity index (χ2n) is 4.92. The van der Waals surface area contributed by atoms with Crippen LogP contribution in [0.25, 0.3) is 0 Å². The molecule has 1 aromatic rings. The number of amides is 1. The molecule has 1 aliphatic rings. The Hall–Kier alpha value is -2.11. The van der Waals surface area contributed by atoms with Crippen molar-refractivity contribution in [2.75, 3.05) is 13.2 Å². The summed E-state index contributed by atoms with van der Waals surface area (Å²) in [7, 11) is 0. The number of hydrogen-bond donors (Lipinski definition) is 1. The highest BCUT2D eigenvalue weighted by atomic mass is 19.1. The van der Waals surface area contributed by atoms with E-state index in [0.29, 0.717) is 13.0 Å². The maximum absolute atomic E-state index is 13.3. The fraction of sp³-hybridized carbons (Fsp3) is 0.467. The molecule has 0 aromatic heterocycles. The summed E-state index contributed by atoms with van der Waals surface area (Å²) in [6, 6.07) is 2.51. The first-order chi connectivity index (χ1) is 10.0. The molecular weight excluding hydrogens is 277 g/mol. The maximum atomic E-state index is 13.3. The van der Waals surface area contributed by atoms with Crippen LogP contribution in [0.5, 0.6) is 5.75 Å². The van der Waals surface area contributed by atoms with Crippen molar-refractivity contribution in [3.05, 3.63) is 29.6 Å². The van der Waals surface area contributed by atoms with Gasteiger partial charge in [0.15, 0.2) is 0 Å². The van der Waals surface area contributed by atoms with Crippen LogP contribution in [0.1, 0.15) is 36.5 Å². The van der Waals surface area contributed by atoms with Crippen LogP contribution in [-0.4, -0.2) is 41.1 Å². The lowest BCUT2D eigenvalue weighted by atomic mass is 10.0. The Morgan fingerprint density at radius 2 is 2.19 bits per heavy atom. The summed E-state index contributed by atoms with van der Waals surface area (Å²) in [5.41, 5.74) is -0.133. The predicted molar refractivity (Wildman–Crippen MR) is 73.4 cm³/mol. The van der Waals surface area contributed by atoms with Gasteiger partial charge in [0.25, 0.3) is 5.91 Å². The van der Waals surface area contributed by atoms with Gasteiger partial charge in [0.05, 0.1) is 12.2 Å². The number of carbonyl (C=O) groups excluding carboxylic acids is 2. The number of aromatic hydroxyl groups is 1. The van der Waals surface area contributed by atoms with E-state index in [9.17, 15) is 19.1 Å². The molecule has 1 amide bonds. The van der Waals surface area contributed by atoms with Crippen molar-refractivity contribution >= 4 is 11.9 Å². The number of phenolic OH excluding ortho intramolecular Hbond substituents is 1. The monoisotopic (exact) mass is 295 g/mol. The molecule has 21 heavy (non-hydrogen) atoms. The molecular formula is C15H18FNO4. The fourth-order valence-electron chi connectivity index (χ4n) is 2.49. The van der Waals surface area contributed by atoms with Gasteiger partial charge in [-0.25, -0.2) is 9.18 Å². The van der Waals surface area contributed by atoms with Gasteiger partial charge < -0.3 is 14.7 Å². The topological polar surface area (TPSA) is 66.8 Å². The molecule has 1 saturated heterocycles. The molecule has 1 aliphatic heterocycles. The van der Waals surface area contributed by atoms with Gasteiger partial charge in [0.2, 0.25) is 0 Å². The van der Waals surface area contributed by atoms with Gasteiger partial charge in [-0.3, -0.25) is 4.79 Å². The van der Waals surface area contributed by atoms with Crippen molar-refractivity contribution < 1.29 is 23.8 Å². The molecule has 114 valence electrons. The first kappa shape index (κ1) is 15.3. The van der Waals surface area contributed by atoms with E-state index in [4.69, 9.17) is 4.74 Å². The summed E-state index contributed by atoms with van der Waals surface area (Å²) in [5, 5.41) is 9.73. The van der Waals surface area contributed by atoms with Crippen LogP contribution < -0.4 is 0 Å². The Balaban J connectivity index is 2.26. The van der Waals surface area contributed by atoms with Crippen molar-refractivity contribution in [2.45, 2.75) is 32.2 Å². The number of nitrogens with zero attached hydrogens (tertiary/aromatic N) is 1. The summed E-state index contributed by atoms with van der Waals surface area (Å²) >= 11 is 0. The van der Waals surface area contributed by atoms with E-state index < -0.39 is 23.7 Å². The SMILES string of the molecule is CCOC(=O)C1CCCCN1C(=O)c1cc(F)ccc1O. The Kier molecular flexibility index (Phi) is 4.77. The van der Waals surface area contributed by atoms with E-state index >= 15 is 0 Å². The highest BCUT2D eigenvalue weighted by Crippen LogP contribution is 2.25. The highest BCUT2D eigenvalue weighted by molar-refractivity contribution is 5.99. The second kappa shape index (κ2) is 6.56. The van der Waals surface area contributed by atoms with Crippen molar-refractivity contribution in [3.63, 3.8) is 0 Å². The third kappa shape index (κ3) is 3.32. The molecule has 0 saturated carbocycles. The van der Waals surface area contributed by atoms with Gasteiger partial charge in [-0.2, -0.15) is 0 Å². The minimum atomic E-state index is -0.672. The number of ether oxygens (including phenoxy) is 1. The zero-order valence-corrected chi connectivity index (χ0v) is 11.8. The Labute approximate surface area is 122 Å². The van der Waals surface area contributed by atoms with Gasteiger partial charge in [0, 0.05) is 6.54 Å². The quantitative estimate of drug-likeness (QED) is 0.867. The number of hydrogen-bond acceptors (Lipinski definition) is 4. The number of esters is 1. The minimum absolute atomic E-state index is 0.133. The maximum Gasteiger partial charge on any atom is 0.328 e. The van der Waals surface area contributed by atoms with Gasteiger partial charge in [-0.15, -0.1) is 0 Å². The molecule has 0 spiro atoms. The minimum Gasteiger partial charge on any atom is -0.507 e. The number of likely N-dealkylation sites (tertiary alicyclic amines) is 1. The van der Waals surface area contributed by atoms with Crippen molar-refractivity contribution in [3.8, 4) is 5.75 Å². The average molecular weight is 295 g/mol. The van der Waals surface area contributed by atoms with Crippen LogP contribution in [0, 0.1) is 5.82 Å². The van der Waals surface area contributed by atoms with Gasteiger partial charge in [-0.05, 0) is 44.4 Å². The summed E-state index contributed by atoms with van der Waals surface area (Å²) in [5.74, 6) is -1.92.